The number of carbonyl (C=O) groups is 1. The van der Waals surface area contributed by atoms with Crippen molar-refractivity contribution in [1.82, 2.24) is 14.8 Å². The minimum Gasteiger partial charge on any atom is -0.355 e. The van der Waals surface area contributed by atoms with Crippen LogP contribution < -0.4 is 4.90 Å². The van der Waals surface area contributed by atoms with Crippen molar-refractivity contribution in [3.8, 4) is 6.07 Å². The number of hydrogen-bond donors (Lipinski definition) is 0. The van der Waals surface area contributed by atoms with Gasteiger partial charge in [0.2, 0.25) is 5.91 Å². The molecule has 0 aliphatic carbocycles. The van der Waals surface area contributed by atoms with Gasteiger partial charge in [0.15, 0.2) is 0 Å². The van der Waals surface area contributed by atoms with Gasteiger partial charge in [0.05, 0.1) is 18.2 Å². The maximum Gasteiger partial charge on any atom is 0.237 e. The lowest BCUT2D eigenvalue weighted by Crippen LogP contribution is -2.40. The molecule has 2 aromatic rings. The second-order valence-electron chi connectivity index (χ2n) is 8.85. The number of aryl methyl sites for hydroxylation is 2. The zero-order chi connectivity index (χ0) is 21.4. The van der Waals surface area contributed by atoms with Crippen LogP contribution in [0.5, 0.6) is 0 Å². The van der Waals surface area contributed by atoms with Crippen LogP contribution in [-0.4, -0.2) is 61.0 Å². The van der Waals surface area contributed by atoms with Crippen LogP contribution in [0.1, 0.15) is 28.4 Å². The number of fused-ring (bicyclic) bond motifs is 1. The van der Waals surface area contributed by atoms with E-state index in [9.17, 15) is 10.1 Å². The van der Waals surface area contributed by atoms with E-state index in [2.05, 4.69) is 46.0 Å². The quantitative estimate of drug-likeness (QED) is 0.786. The summed E-state index contributed by atoms with van der Waals surface area (Å²) in [5.41, 5.74) is 3.99. The predicted molar refractivity (Wildman–Crippen MR) is 117 cm³/mol. The summed E-state index contributed by atoms with van der Waals surface area (Å²) < 4.78 is 0. The summed E-state index contributed by atoms with van der Waals surface area (Å²) >= 11 is 0. The van der Waals surface area contributed by atoms with E-state index < -0.39 is 0 Å². The summed E-state index contributed by atoms with van der Waals surface area (Å²) in [5, 5.41) is 9.56. The Kier molecular flexibility index (Phi) is 5.48. The Bertz CT molecular complexity index is 995. The van der Waals surface area contributed by atoms with E-state index >= 15 is 0 Å². The molecule has 3 heterocycles. The first-order valence-electron chi connectivity index (χ1n) is 10.5. The molecule has 2 aliphatic heterocycles. The Labute approximate surface area is 178 Å². The Morgan fingerprint density at radius 1 is 1.17 bits per heavy atom. The Morgan fingerprint density at radius 2 is 1.93 bits per heavy atom. The van der Waals surface area contributed by atoms with Crippen LogP contribution in [-0.2, 0) is 4.79 Å². The molecular weight excluding hydrogens is 374 g/mol. The second-order valence-corrected chi connectivity index (χ2v) is 8.85. The molecule has 2 aliphatic rings. The zero-order valence-electron chi connectivity index (χ0n) is 18.2. The molecule has 1 aromatic heterocycles. The summed E-state index contributed by atoms with van der Waals surface area (Å²) in [4.78, 5) is 24.0. The van der Waals surface area contributed by atoms with Gasteiger partial charge in [-0.2, -0.15) is 5.26 Å². The van der Waals surface area contributed by atoms with Gasteiger partial charge in [0.1, 0.15) is 11.9 Å². The van der Waals surface area contributed by atoms with Crippen molar-refractivity contribution < 1.29 is 4.79 Å². The van der Waals surface area contributed by atoms with Gasteiger partial charge in [-0.05, 0) is 51.2 Å². The summed E-state index contributed by atoms with van der Waals surface area (Å²) in [7, 11) is 3.87. The van der Waals surface area contributed by atoms with Crippen LogP contribution in [0.15, 0.2) is 36.4 Å². The first kappa shape index (κ1) is 20.4. The average Bonchev–Trinajstić information content (AvgIpc) is 3.26. The number of nitrogens with zero attached hydrogens (tertiary/aromatic N) is 5. The molecule has 4 rings (SSSR count). The van der Waals surface area contributed by atoms with E-state index in [0.29, 0.717) is 23.9 Å². The van der Waals surface area contributed by atoms with Gasteiger partial charge >= 0.3 is 0 Å². The Balaban J connectivity index is 1.67. The van der Waals surface area contributed by atoms with Gasteiger partial charge in [-0.3, -0.25) is 4.79 Å². The van der Waals surface area contributed by atoms with Crippen LogP contribution in [0.25, 0.3) is 0 Å². The number of aromatic nitrogens is 1. The molecule has 0 spiro atoms. The molecule has 2 saturated heterocycles. The van der Waals surface area contributed by atoms with Crippen LogP contribution in [0.2, 0.25) is 0 Å². The third kappa shape index (κ3) is 3.66. The summed E-state index contributed by atoms with van der Waals surface area (Å²) in [6.07, 6.45) is 0. The molecule has 1 amide bonds. The largest absolute Gasteiger partial charge is 0.355 e. The highest BCUT2D eigenvalue weighted by Crippen LogP contribution is 2.46. The fourth-order valence-corrected chi connectivity index (χ4v) is 5.02. The first-order chi connectivity index (χ1) is 14.4. The lowest BCUT2D eigenvalue weighted by molar-refractivity contribution is -0.133. The highest BCUT2D eigenvalue weighted by molar-refractivity contribution is 5.79. The number of carbonyl (C=O) groups excluding carboxylic acids is 1. The third-order valence-electron chi connectivity index (χ3n) is 6.38. The van der Waals surface area contributed by atoms with E-state index in [1.165, 1.54) is 11.1 Å². The maximum absolute atomic E-state index is 13.1. The molecule has 30 heavy (non-hydrogen) atoms. The maximum atomic E-state index is 13.1. The fourth-order valence-electron chi connectivity index (χ4n) is 5.02. The van der Waals surface area contributed by atoms with Crippen molar-refractivity contribution in [2.45, 2.75) is 19.9 Å². The van der Waals surface area contributed by atoms with E-state index in [4.69, 9.17) is 0 Å². The molecule has 156 valence electrons. The first-order valence-corrected chi connectivity index (χ1v) is 10.5. The van der Waals surface area contributed by atoms with E-state index in [-0.39, 0.29) is 11.9 Å². The van der Waals surface area contributed by atoms with Crippen LogP contribution in [0, 0.1) is 37.0 Å². The van der Waals surface area contributed by atoms with E-state index in [0.717, 1.165) is 31.1 Å². The number of amides is 1. The van der Waals surface area contributed by atoms with Gasteiger partial charge in [0.25, 0.3) is 0 Å². The number of hydrogen-bond acceptors (Lipinski definition) is 5. The zero-order valence-corrected chi connectivity index (χ0v) is 18.2. The number of pyridine rings is 1. The SMILES string of the molecule is Cc1ccc(C#N)c(N2C[C@@H]3CN(C(=O)CN(C)C)[C@@H](c4ccccc4C)[C@@H]3C2)n1. The molecule has 1 aromatic carbocycles. The minimum absolute atomic E-state index is 0.0593. The van der Waals surface area contributed by atoms with Crippen molar-refractivity contribution in [2.75, 3.05) is 45.2 Å². The van der Waals surface area contributed by atoms with Gasteiger partial charge < -0.3 is 14.7 Å². The van der Waals surface area contributed by atoms with Crippen molar-refractivity contribution in [1.29, 1.82) is 5.26 Å². The highest BCUT2D eigenvalue weighted by Gasteiger charge is 2.49. The highest BCUT2D eigenvalue weighted by atomic mass is 16.2. The second kappa shape index (κ2) is 8.08. The van der Waals surface area contributed by atoms with Crippen molar-refractivity contribution >= 4 is 11.7 Å². The summed E-state index contributed by atoms with van der Waals surface area (Å²) in [6.45, 7) is 6.88. The van der Waals surface area contributed by atoms with Gasteiger partial charge in [0, 0.05) is 37.2 Å². The van der Waals surface area contributed by atoms with Gasteiger partial charge in [-0.25, -0.2) is 4.98 Å². The molecule has 0 bridgehead atoms. The van der Waals surface area contributed by atoms with E-state index in [1.807, 2.05) is 44.1 Å². The normalized spacial score (nSPS) is 23.0. The lowest BCUT2D eigenvalue weighted by Gasteiger charge is -2.32. The lowest BCUT2D eigenvalue weighted by atomic mass is 9.87. The predicted octanol–water partition coefficient (Wildman–Crippen LogP) is 2.77. The standard InChI is InChI=1S/C24H29N5O/c1-16-7-5-6-8-20(16)23-21-14-28(24-18(11-25)10-9-17(2)26-24)12-19(21)13-29(23)22(30)15-27(3)4/h5-10,19,21,23H,12-15H2,1-4H3/t19-,21-,23+/m1/s1. The summed E-state index contributed by atoms with van der Waals surface area (Å²) in [5.74, 6) is 1.66. The van der Waals surface area contributed by atoms with Crippen LogP contribution in [0.4, 0.5) is 5.82 Å². The molecule has 0 unspecified atom stereocenters. The average molecular weight is 404 g/mol. The topological polar surface area (TPSA) is 63.5 Å². The third-order valence-corrected chi connectivity index (χ3v) is 6.38. The van der Waals surface area contributed by atoms with Gasteiger partial charge in [-0.15, -0.1) is 0 Å². The number of nitriles is 1. The number of anilines is 1. The smallest absolute Gasteiger partial charge is 0.237 e. The molecule has 0 saturated carbocycles. The molecule has 2 fully saturated rings. The Hall–Kier alpha value is -2.91. The van der Waals surface area contributed by atoms with Crippen LogP contribution >= 0.6 is 0 Å². The van der Waals surface area contributed by atoms with Crippen LogP contribution in [0.3, 0.4) is 0 Å². The van der Waals surface area contributed by atoms with Gasteiger partial charge in [-0.1, -0.05) is 24.3 Å². The molecule has 3 atom stereocenters. The fraction of sp³-hybridized carbons (Fsp3) is 0.458. The number of rotatable bonds is 4. The number of likely N-dealkylation sites (tertiary alicyclic amines) is 1. The van der Waals surface area contributed by atoms with E-state index in [1.54, 1.807) is 0 Å². The molecule has 0 N–H and O–H groups in total. The number of benzene rings is 1. The Morgan fingerprint density at radius 3 is 2.63 bits per heavy atom. The summed E-state index contributed by atoms with van der Waals surface area (Å²) in [6, 6.07) is 14.5. The minimum atomic E-state index is 0.0593. The molecular formula is C24H29N5O. The van der Waals surface area contributed by atoms with Crippen molar-refractivity contribution in [3.05, 3.63) is 58.8 Å². The molecule has 0 radical (unpaired) electrons. The van der Waals surface area contributed by atoms with Crippen molar-refractivity contribution in [3.63, 3.8) is 0 Å². The molecule has 6 heteroatoms. The van der Waals surface area contributed by atoms with Crippen molar-refractivity contribution in [2.24, 2.45) is 11.8 Å². The number of likely N-dealkylation sites (N-methyl/N-ethyl adjacent to an activating group) is 1. The molecule has 6 nitrogen and oxygen atoms in total. The monoisotopic (exact) mass is 403 g/mol.